The van der Waals surface area contributed by atoms with Gasteiger partial charge >= 0.3 is 6.09 Å². The normalized spacial score (nSPS) is 31.6. The van der Waals surface area contributed by atoms with E-state index in [1.165, 1.54) is 7.11 Å². The lowest BCUT2D eigenvalue weighted by atomic mass is 9.81. The minimum absolute atomic E-state index is 0.0700. The molecule has 0 bridgehead atoms. The number of nitrogens with one attached hydrogen (secondary N) is 1. The molecule has 9 heteroatoms. The van der Waals surface area contributed by atoms with E-state index >= 15 is 0 Å². The number of nitrogens with two attached hydrogens (primary N) is 2. The van der Waals surface area contributed by atoms with Crippen LogP contribution in [0.1, 0.15) is 5.56 Å². The van der Waals surface area contributed by atoms with Crippen LogP contribution in [0.2, 0.25) is 0 Å². The lowest BCUT2D eigenvalue weighted by Crippen LogP contribution is -2.55. The highest BCUT2D eigenvalue weighted by atomic mass is 16.6. The van der Waals surface area contributed by atoms with Crippen LogP contribution in [-0.4, -0.2) is 60.6 Å². The van der Waals surface area contributed by atoms with E-state index in [2.05, 4.69) is 5.32 Å². The third-order valence-electron chi connectivity index (χ3n) is 6.55. The molecule has 30 heavy (non-hydrogen) atoms. The van der Waals surface area contributed by atoms with Gasteiger partial charge in [-0.05, 0) is 5.56 Å². The van der Waals surface area contributed by atoms with E-state index in [9.17, 15) is 14.4 Å². The summed E-state index contributed by atoms with van der Waals surface area (Å²) >= 11 is 0. The van der Waals surface area contributed by atoms with Gasteiger partial charge in [-0.2, -0.15) is 0 Å². The number of rotatable bonds is 5. The van der Waals surface area contributed by atoms with Gasteiger partial charge in [0.05, 0.1) is 23.4 Å². The van der Waals surface area contributed by atoms with Gasteiger partial charge in [-0.1, -0.05) is 30.3 Å². The molecule has 3 aliphatic heterocycles. The minimum Gasteiger partial charge on any atom is -0.449 e. The number of amides is 1. The van der Waals surface area contributed by atoms with Crippen molar-refractivity contribution >= 4 is 17.7 Å². The number of ketones is 2. The van der Waals surface area contributed by atoms with E-state index in [1.807, 2.05) is 35.2 Å². The standard InChI is InChI=1S/C21H22N4O5/c1-29-21-12(9-30-20(23)28)14-16(25(21)8-13-19(21)24-13)17(26)11(15(22)18(14)27)7-10-5-3-2-4-6-10/h2-6,12-13,19,24H,7-9,22H2,1H3,(H2,23,28)/t12-,13+,19+,21-/m1/s1. The Balaban J connectivity index is 1.58. The van der Waals surface area contributed by atoms with Crippen LogP contribution in [0.5, 0.6) is 0 Å². The molecule has 1 aromatic rings. The van der Waals surface area contributed by atoms with E-state index < -0.39 is 23.5 Å². The van der Waals surface area contributed by atoms with E-state index in [0.717, 1.165) is 5.56 Å². The fraction of sp³-hybridized carbons (Fsp3) is 0.381. The molecule has 1 amide bonds. The molecule has 0 unspecified atom stereocenters. The predicted molar refractivity (Wildman–Crippen MR) is 105 cm³/mol. The molecule has 4 atom stereocenters. The quantitative estimate of drug-likeness (QED) is 0.438. The zero-order valence-electron chi connectivity index (χ0n) is 16.4. The Kier molecular flexibility index (Phi) is 4.03. The van der Waals surface area contributed by atoms with Crippen LogP contribution in [0.15, 0.2) is 52.9 Å². The molecule has 0 radical (unpaired) electrons. The molecule has 9 nitrogen and oxygen atoms in total. The molecule has 3 heterocycles. The van der Waals surface area contributed by atoms with E-state index in [1.54, 1.807) is 0 Å². The number of benzene rings is 1. The molecule has 156 valence electrons. The SMILES string of the molecule is CO[C@@]12[C@H](COC(N)=O)C3=C(C(=O)C(Cc4ccccc4)=C(N)C3=O)N1C[C@@H]1N[C@@H]12. The number of methoxy groups -OCH3 is 1. The lowest BCUT2D eigenvalue weighted by Gasteiger charge is -2.39. The van der Waals surface area contributed by atoms with Crippen molar-refractivity contribution in [1.82, 2.24) is 10.2 Å². The molecule has 1 aromatic carbocycles. The topological polar surface area (TPSA) is 147 Å². The summed E-state index contributed by atoms with van der Waals surface area (Å²) in [6.07, 6.45) is -0.696. The Labute approximate surface area is 172 Å². The van der Waals surface area contributed by atoms with E-state index in [4.69, 9.17) is 20.9 Å². The second kappa shape index (κ2) is 6.41. The van der Waals surface area contributed by atoms with Crippen molar-refractivity contribution in [3.63, 3.8) is 0 Å². The van der Waals surface area contributed by atoms with Crippen LogP contribution in [0.3, 0.4) is 0 Å². The first-order chi connectivity index (χ1) is 14.4. The summed E-state index contributed by atoms with van der Waals surface area (Å²) in [5.41, 5.74) is 12.0. The summed E-state index contributed by atoms with van der Waals surface area (Å²) < 4.78 is 11.0. The van der Waals surface area contributed by atoms with Crippen molar-refractivity contribution in [2.75, 3.05) is 20.3 Å². The van der Waals surface area contributed by atoms with Gasteiger partial charge in [-0.15, -0.1) is 0 Å². The first-order valence-corrected chi connectivity index (χ1v) is 9.77. The summed E-state index contributed by atoms with van der Waals surface area (Å²) in [5, 5.41) is 3.32. The van der Waals surface area contributed by atoms with Gasteiger partial charge in [0.15, 0.2) is 5.72 Å². The average Bonchev–Trinajstić information content (AvgIpc) is 3.35. The molecular formula is C21H22N4O5. The average molecular weight is 410 g/mol. The highest BCUT2D eigenvalue weighted by Gasteiger charge is 2.72. The van der Waals surface area contributed by atoms with Crippen LogP contribution in [0.4, 0.5) is 4.79 Å². The van der Waals surface area contributed by atoms with Crippen molar-refractivity contribution in [2.24, 2.45) is 17.4 Å². The number of hydrogen-bond donors (Lipinski definition) is 3. The molecule has 5 rings (SSSR count). The number of Topliss-reactive ketones (excluding diaryl/α,β-unsaturated/α-hetero) is 2. The van der Waals surface area contributed by atoms with Crippen molar-refractivity contribution in [2.45, 2.75) is 24.2 Å². The molecule has 1 aliphatic carbocycles. The molecule has 5 N–H and O–H groups in total. The fourth-order valence-electron chi connectivity index (χ4n) is 5.22. The number of hydrogen-bond acceptors (Lipinski definition) is 8. The van der Waals surface area contributed by atoms with Gasteiger partial charge < -0.3 is 31.2 Å². The fourth-order valence-corrected chi connectivity index (χ4v) is 5.22. The van der Waals surface area contributed by atoms with Crippen LogP contribution in [-0.2, 0) is 25.5 Å². The van der Waals surface area contributed by atoms with Crippen molar-refractivity contribution in [1.29, 1.82) is 0 Å². The molecule has 0 saturated carbocycles. The maximum Gasteiger partial charge on any atom is 0.404 e. The Hall–Kier alpha value is -3.17. The number of piperazine rings is 1. The summed E-state index contributed by atoms with van der Waals surface area (Å²) in [7, 11) is 1.53. The van der Waals surface area contributed by atoms with Crippen LogP contribution in [0.25, 0.3) is 0 Å². The third-order valence-corrected chi connectivity index (χ3v) is 6.55. The van der Waals surface area contributed by atoms with Crippen LogP contribution in [0, 0.1) is 5.92 Å². The third kappa shape index (κ3) is 2.39. The predicted octanol–water partition coefficient (Wildman–Crippen LogP) is -0.428. The summed E-state index contributed by atoms with van der Waals surface area (Å²) in [6.45, 7) is 0.339. The number of carbonyl (C=O) groups excluding carboxylic acids is 3. The van der Waals surface area contributed by atoms with Gasteiger partial charge in [0.25, 0.3) is 0 Å². The van der Waals surface area contributed by atoms with E-state index in [-0.39, 0.29) is 47.7 Å². The largest absolute Gasteiger partial charge is 0.449 e. The number of fused-ring (bicyclic) bond motifs is 4. The maximum absolute atomic E-state index is 13.6. The van der Waals surface area contributed by atoms with Gasteiger partial charge in [-0.3, -0.25) is 9.59 Å². The van der Waals surface area contributed by atoms with Crippen molar-refractivity contribution < 1.29 is 23.9 Å². The molecule has 0 spiro atoms. The van der Waals surface area contributed by atoms with Crippen LogP contribution < -0.4 is 16.8 Å². The Morgan fingerprint density at radius 3 is 2.67 bits per heavy atom. The maximum atomic E-state index is 13.6. The molecule has 2 fully saturated rings. The van der Waals surface area contributed by atoms with E-state index in [0.29, 0.717) is 12.2 Å². The molecule has 2 saturated heterocycles. The first-order valence-electron chi connectivity index (χ1n) is 9.77. The summed E-state index contributed by atoms with van der Waals surface area (Å²) in [5.74, 6) is -1.38. The second-order valence-corrected chi connectivity index (χ2v) is 7.98. The Bertz CT molecular complexity index is 1030. The van der Waals surface area contributed by atoms with Gasteiger partial charge in [0, 0.05) is 37.3 Å². The second-order valence-electron chi connectivity index (χ2n) is 7.98. The van der Waals surface area contributed by atoms with Gasteiger partial charge in [0.2, 0.25) is 11.6 Å². The molecule has 4 aliphatic rings. The number of carbonyl (C=O) groups is 3. The van der Waals surface area contributed by atoms with Crippen molar-refractivity contribution in [3.8, 4) is 0 Å². The number of allylic oxidation sites excluding steroid dienone is 2. The first kappa shape index (κ1) is 18.8. The zero-order chi connectivity index (χ0) is 21.2. The molecule has 0 aromatic heterocycles. The zero-order valence-corrected chi connectivity index (χ0v) is 16.4. The van der Waals surface area contributed by atoms with Crippen LogP contribution >= 0.6 is 0 Å². The monoisotopic (exact) mass is 410 g/mol. The highest BCUT2D eigenvalue weighted by molar-refractivity contribution is 6.25. The van der Waals surface area contributed by atoms with Gasteiger partial charge in [-0.25, -0.2) is 4.79 Å². The number of ether oxygens (including phenoxy) is 2. The Morgan fingerprint density at radius 1 is 1.27 bits per heavy atom. The van der Waals surface area contributed by atoms with Crippen molar-refractivity contribution in [3.05, 3.63) is 58.4 Å². The smallest absolute Gasteiger partial charge is 0.404 e. The summed E-state index contributed by atoms with van der Waals surface area (Å²) in [4.78, 5) is 40.1. The summed E-state index contributed by atoms with van der Waals surface area (Å²) in [6, 6.07) is 9.44. The minimum atomic E-state index is -1.00. The lowest BCUT2D eigenvalue weighted by molar-refractivity contribution is -0.137. The molecular weight excluding hydrogens is 388 g/mol. The van der Waals surface area contributed by atoms with Gasteiger partial charge in [0.1, 0.15) is 6.61 Å². The number of primary amides is 1. The highest BCUT2D eigenvalue weighted by Crippen LogP contribution is 2.55. The Morgan fingerprint density at radius 2 is 2.00 bits per heavy atom. The number of nitrogens with zero attached hydrogens (tertiary/aromatic N) is 1.